The molecule has 2 atom stereocenters. The monoisotopic (exact) mass is 308 g/mol. The third kappa shape index (κ3) is 2.69. The number of hydrogen-bond donors (Lipinski definition) is 1. The SMILES string of the molecule is CN=C(NC1CC(C)(OC)C1(C)C)N(C)Cc1ncnn1C. The summed E-state index contributed by atoms with van der Waals surface area (Å²) in [5, 5.41) is 7.65. The number of rotatable bonds is 4. The summed E-state index contributed by atoms with van der Waals surface area (Å²) in [5.41, 5.74) is -0.0466. The van der Waals surface area contributed by atoms with E-state index in [9.17, 15) is 0 Å². The van der Waals surface area contributed by atoms with E-state index >= 15 is 0 Å². The highest BCUT2D eigenvalue weighted by molar-refractivity contribution is 5.80. The first kappa shape index (κ1) is 16.7. The maximum atomic E-state index is 5.68. The lowest BCUT2D eigenvalue weighted by Gasteiger charge is -2.59. The maximum absolute atomic E-state index is 5.68. The molecule has 0 amide bonds. The van der Waals surface area contributed by atoms with E-state index in [0.29, 0.717) is 12.6 Å². The number of hydrogen-bond acceptors (Lipinski definition) is 4. The molecule has 1 aromatic rings. The number of nitrogens with zero attached hydrogens (tertiary/aromatic N) is 5. The number of ether oxygens (including phenoxy) is 1. The Labute approximate surface area is 132 Å². The van der Waals surface area contributed by atoms with Gasteiger partial charge in [0.2, 0.25) is 0 Å². The summed E-state index contributed by atoms with van der Waals surface area (Å²) in [7, 11) is 7.49. The molecular weight excluding hydrogens is 280 g/mol. The molecule has 1 N–H and O–H groups in total. The first-order chi connectivity index (χ1) is 10.2. The third-order valence-electron chi connectivity index (χ3n) is 5.34. The standard InChI is InChI=1S/C15H28N6O/c1-14(2)11(8-15(14,3)22-7)19-13(16-4)20(5)9-12-17-10-18-21(12)6/h10-11H,8-9H2,1-7H3,(H,16,19). The van der Waals surface area contributed by atoms with Crippen LogP contribution >= 0.6 is 0 Å². The molecule has 124 valence electrons. The second-order valence-electron chi connectivity index (χ2n) is 6.76. The van der Waals surface area contributed by atoms with Crippen LogP contribution in [0.2, 0.25) is 0 Å². The molecule has 0 aromatic carbocycles. The fourth-order valence-electron chi connectivity index (χ4n) is 2.97. The van der Waals surface area contributed by atoms with Gasteiger partial charge in [0.05, 0.1) is 12.1 Å². The molecule has 1 heterocycles. The van der Waals surface area contributed by atoms with Crippen LogP contribution in [0.1, 0.15) is 33.0 Å². The number of methoxy groups -OCH3 is 1. The summed E-state index contributed by atoms with van der Waals surface area (Å²) in [6.45, 7) is 7.28. The molecular formula is C15H28N6O. The van der Waals surface area contributed by atoms with Gasteiger partial charge in [-0.25, -0.2) is 4.98 Å². The number of aryl methyl sites for hydroxylation is 1. The van der Waals surface area contributed by atoms with E-state index in [-0.39, 0.29) is 11.0 Å². The topological polar surface area (TPSA) is 67.6 Å². The minimum absolute atomic E-state index is 0.0449. The zero-order chi connectivity index (χ0) is 16.5. The van der Waals surface area contributed by atoms with Crippen LogP contribution < -0.4 is 5.32 Å². The van der Waals surface area contributed by atoms with Crippen molar-refractivity contribution < 1.29 is 4.74 Å². The van der Waals surface area contributed by atoms with Crippen LogP contribution in [0, 0.1) is 5.41 Å². The molecule has 1 aliphatic rings. The van der Waals surface area contributed by atoms with Crippen LogP contribution in [-0.4, -0.2) is 58.5 Å². The summed E-state index contributed by atoms with van der Waals surface area (Å²) in [5.74, 6) is 1.76. The molecule has 7 nitrogen and oxygen atoms in total. The van der Waals surface area contributed by atoms with Gasteiger partial charge in [-0.1, -0.05) is 13.8 Å². The average molecular weight is 308 g/mol. The van der Waals surface area contributed by atoms with E-state index in [4.69, 9.17) is 4.74 Å². The summed E-state index contributed by atoms with van der Waals surface area (Å²) in [6.07, 6.45) is 2.53. The summed E-state index contributed by atoms with van der Waals surface area (Å²) in [6, 6.07) is 0.332. The van der Waals surface area contributed by atoms with Crippen molar-refractivity contribution in [1.29, 1.82) is 0 Å². The van der Waals surface area contributed by atoms with Gasteiger partial charge in [0.1, 0.15) is 12.2 Å². The fourth-order valence-corrected chi connectivity index (χ4v) is 2.97. The van der Waals surface area contributed by atoms with E-state index in [1.165, 1.54) is 0 Å². The summed E-state index contributed by atoms with van der Waals surface area (Å²) in [4.78, 5) is 10.7. The molecule has 2 unspecified atom stereocenters. The Morgan fingerprint density at radius 3 is 2.68 bits per heavy atom. The van der Waals surface area contributed by atoms with Crippen molar-refractivity contribution in [3.63, 3.8) is 0 Å². The highest BCUT2D eigenvalue weighted by Gasteiger charge is 2.58. The molecule has 2 rings (SSSR count). The van der Waals surface area contributed by atoms with Crippen molar-refractivity contribution in [2.45, 2.75) is 45.4 Å². The van der Waals surface area contributed by atoms with Gasteiger partial charge in [-0.05, 0) is 13.3 Å². The van der Waals surface area contributed by atoms with Gasteiger partial charge in [-0.3, -0.25) is 9.67 Å². The molecule has 7 heteroatoms. The predicted octanol–water partition coefficient (Wildman–Crippen LogP) is 1.03. The van der Waals surface area contributed by atoms with Crippen molar-refractivity contribution in [1.82, 2.24) is 25.0 Å². The molecule has 0 radical (unpaired) electrons. The Morgan fingerprint density at radius 2 is 2.23 bits per heavy atom. The van der Waals surface area contributed by atoms with E-state index in [1.807, 2.05) is 14.1 Å². The maximum Gasteiger partial charge on any atom is 0.194 e. The number of aromatic nitrogens is 3. The minimum atomic E-state index is -0.0916. The van der Waals surface area contributed by atoms with Gasteiger partial charge in [0.15, 0.2) is 5.96 Å². The van der Waals surface area contributed by atoms with Crippen molar-refractivity contribution in [3.8, 4) is 0 Å². The van der Waals surface area contributed by atoms with Gasteiger partial charge in [-0.15, -0.1) is 0 Å². The normalized spacial score (nSPS) is 27.4. The minimum Gasteiger partial charge on any atom is -0.378 e. The molecule has 0 aliphatic heterocycles. The lowest BCUT2D eigenvalue weighted by Crippen LogP contribution is -2.69. The molecule has 1 aromatic heterocycles. The Kier molecular flexibility index (Phi) is 4.47. The van der Waals surface area contributed by atoms with E-state index in [1.54, 1.807) is 25.2 Å². The van der Waals surface area contributed by atoms with Gasteiger partial charge in [-0.2, -0.15) is 5.10 Å². The number of nitrogens with one attached hydrogen (secondary N) is 1. The van der Waals surface area contributed by atoms with Crippen molar-refractivity contribution in [3.05, 3.63) is 12.2 Å². The van der Waals surface area contributed by atoms with Gasteiger partial charge in [0, 0.05) is 39.7 Å². The highest BCUT2D eigenvalue weighted by atomic mass is 16.5. The quantitative estimate of drug-likeness (QED) is 0.664. The van der Waals surface area contributed by atoms with Crippen LogP contribution in [-0.2, 0) is 18.3 Å². The molecule has 0 bridgehead atoms. The van der Waals surface area contributed by atoms with Crippen LogP contribution in [0.15, 0.2) is 11.3 Å². The first-order valence-corrected chi connectivity index (χ1v) is 7.57. The Hall–Kier alpha value is -1.63. The summed E-state index contributed by atoms with van der Waals surface area (Å²) < 4.78 is 7.46. The molecule has 1 aliphatic carbocycles. The van der Waals surface area contributed by atoms with E-state index in [0.717, 1.165) is 18.2 Å². The second-order valence-corrected chi connectivity index (χ2v) is 6.76. The smallest absolute Gasteiger partial charge is 0.194 e. The average Bonchev–Trinajstić information content (AvgIpc) is 2.88. The van der Waals surface area contributed by atoms with Gasteiger partial charge >= 0.3 is 0 Å². The van der Waals surface area contributed by atoms with E-state index < -0.39 is 0 Å². The highest BCUT2D eigenvalue weighted by Crippen LogP contribution is 2.51. The molecule has 0 saturated heterocycles. The Morgan fingerprint density at radius 1 is 1.55 bits per heavy atom. The van der Waals surface area contributed by atoms with Crippen molar-refractivity contribution in [2.24, 2.45) is 17.5 Å². The van der Waals surface area contributed by atoms with E-state index in [2.05, 4.69) is 46.1 Å². The second kappa shape index (κ2) is 5.87. The zero-order valence-corrected chi connectivity index (χ0v) is 14.7. The Bertz CT molecular complexity index is 552. The van der Waals surface area contributed by atoms with Crippen LogP contribution in [0.25, 0.3) is 0 Å². The van der Waals surface area contributed by atoms with Crippen molar-refractivity contribution in [2.75, 3.05) is 21.2 Å². The number of aliphatic imine (C=N–C) groups is 1. The summed E-state index contributed by atoms with van der Waals surface area (Å²) >= 11 is 0. The van der Waals surface area contributed by atoms with Crippen LogP contribution in [0.5, 0.6) is 0 Å². The lowest BCUT2D eigenvalue weighted by molar-refractivity contribution is -0.176. The lowest BCUT2D eigenvalue weighted by atomic mass is 9.56. The third-order valence-corrected chi connectivity index (χ3v) is 5.34. The predicted molar refractivity (Wildman–Crippen MR) is 86.6 cm³/mol. The first-order valence-electron chi connectivity index (χ1n) is 7.57. The number of guanidine groups is 1. The molecule has 0 spiro atoms. The molecule has 22 heavy (non-hydrogen) atoms. The zero-order valence-electron chi connectivity index (χ0n) is 14.7. The molecule has 1 fully saturated rings. The Balaban J connectivity index is 2.01. The largest absolute Gasteiger partial charge is 0.378 e. The molecule has 1 saturated carbocycles. The fraction of sp³-hybridized carbons (Fsp3) is 0.800. The van der Waals surface area contributed by atoms with Gasteiger partial charge < -0.3 is 15.0 Å². The van der Waals surface area contributed by atoms with Gasteiger partial charge in [0.25, 0.3) is 0 Å². The van der Waals surface area contributed by atoms with Crippen LogP contribution in [0.3, 0.4) is 0 Å². The van der Waals surface area contributed by atoms with Crippen molar-refractivity contribution >= 4 is 5.96 Å². The van der Waals surface area contributed by atoms with Crippen LogP contribution in [0.4, 0.5) is 0 Å².